The average molecular weight is 347 g/mol. The van der Waals surface area contributed by atoms with Crippen molar-refractivity contribution in [2.24, 2.45) is 0 Å². The zero-order chi connectivity index (χ0) is 17.3. The second-order valence-corrected chi connectivity index (χ2v) is 7.77. The maximum atomic E-state index is 12.6. The van der Waals surface area contributed by atoms with E-state index in [0.29, 0.717) is 13.0 Å². The largest absolute Gasteiger partial charge is 0.497 e. The van der Waals surface area contributed by atoms with E-state index in [1.54, 1.807) is 19.2 Å². The van der Waals surface area contributed by atoms with Crippen LogP contribution in [0.4, 0.5) is 0 Å². The van der Waals surface area contributed by atoms with Crippen LogP contribution in [0.3, 0.4) is 0 Å². The van der Waals surface area contributed by atoms with Crippen LogP contribution in [0, 0.1) is 13.8 Å². The minimum atomic E-state index is -3.58. The Kier molecular flexibility index (Phi) is 4.51. The fraction of sp³-hybridized carbons (Fsp3) is 0.333. The molecule has 1 N–H and O–H groups in total. The minimum absolute atomic E-state index is 0.280. The van der Waals surface area contributed by atoms with Gasteiger partial charge in [-0.3, -0.25) is 0 Å². The second kappa shape index (κ2) is 6.45. The molecule has 6 heteroatoms. The molecule has 1 heterocycles. The molecule has 3 rings (SSSR count). The normalized spacial score (nSPS) is 17.0. The number of methoxy groups -OCH3 is 1. The SMILES string of the molecule is COc1ccc2c(c1)C[C@H](NS(=O)(=O)c1ccc(C)c(C)c1)CO2. The van der Waals surface area contributed by atoms with Gasteiger partial charge in [-0.25, -0.2) is 13.1 Å². The van der Waals surface area contributed by atoms with Crippen molar-refractivity contribution in [2.75, 3.05) is 13.7 Å². The summed E-state index contributed by atoms with van der Waals surface area (Å²) in [5, 5.41) is 0. The summed E-state index contributed by atoms with van der Waals surface area (Å²) in [5.41, 5.74) is 2.96. The van der Waals surface area contributed by atoms with E-state index in [1.165, 1.54) is 0 Å². The number of aryl methyl sites for hydroxylation is 2. The summed E-state index contributed by atoms with van der Waals surface area (Å²) in [6, 6.07) is 10.4. The zero-order valence-electron chi connectivity index (χ0n) is 14.0. The Labute approximate surface area is 142 Å². The van der Waals surface area contributed by atoms with Crippen molar-refractivity contribution in [2.45, 2.75) is 31.2 Å². The van der Waals surface area contributed by atoms with Crippen LogP contribution < -0.4 is 14.2 Å². The molecule has 24 heavy (non-hydrogen) atoms. The third-order valence-electron chi connectivity index (χ3n) is 4.28. The summed E-state index contributed by atoms with van der Waals surface area (Å²) in [7, 11) is -1.98. The van der Waals surface area contributed by atoms with Crippen LogP contribution >= 0.6 is 0 Å². The molecule has 0 radical (unpaired) electrons. The molecule has 128 valence electrons. The van der Waals surface area contributed by atoms with E-state index in [-0.39, 0.29) is 10.9 Å². The number of hydrogen-bond donors (Lipinski definition) is 1. The highest BCUT2D eigenvalue weighted by Crippen LogP contribution is 2.29. The smallest absolute Gasteiger partial charge is 0.240 e. The number of nitrogens with one attached hydrogen (secondary N) is 1. The Balaban J connectivity index is 1.79. The highest BCUT2D eigenvalue weighted by molar-refractivity contribution is 7.89. The standard InChI is InChI=1S/C18H21NO4S/c1-12-4-6-17(8-13(12)2)24(20,21)19-15-9-14-10-16(22-3)5-7-18(14)23-11-15/h4-8,10,15,19H,9,11H2,1-3H3/t15-/m0/s1. The van der Waals surface area contributed by atoms with Gasteiger partial charge < -0.3 is 9.47 Å². The Morgan fingerprint density at radius 3 is 2.62 bits per heavy atom. The number of rotatable bonds is 4. The van der Waals surface area contributed by atoms with Crippen molar-refractivity contribution in [1.82, 2.24) is 4.72 Å². The quantitative estimate of drug-likeness (QED) is 0.923. The molecule has 5 nitrogen and oxygen atoms in total. The molecule has 1 aliphatic heterocycles. The third-order valence-corrected chi connectivity index (χ3v) is 5.80. The van der Waals surface area contributed by atoms with Gasteiger partial charge in [0.1, 0.15) is 18.1 Å². The highest BCUT2D eigenvalue weighted by atomic mass is 32.2. The summed E-state index contributed by atoms with van der Waals surface area (Å²) in [6.07, 6.45) is 0.566. The van der Waals surface area contributed by atoms with Gasteiger partial charge in [-0.2, -0.15) is 0 Å². The Bertz CT molecular complexity index is 861. The van der Waals surface area contributed by atoms with Crippen LogP contribution in [0.15, 0.2) is 41.3 Å². The Morgan fingerprint density at radius 1 is 1.12 bits per heavy atom. The fourth-order valence-corrected chi connectivity index (χ4v) is 4.05. The maximum Gasteiger partial charge on any atom is 0.240 e. The molecule has 0 amide bonds. The van der Waals surface area contributed by atoms with Gasteiger partial charge >= 0.3 is 0 Å². The monoisotopic (exact) mass is 347 g/mol. The van der Waals surface area contributed by atoms with Crippen molar-refractivity contribution >= 4 is 10.0 Å². The van der Waals surface area contributed by atoms with Crippen molar-refractivity contribution in [1.29, 1.82) is 0 Å². The lowest BCUT2D eigenvalue weighted by molar-refractivity contribution is 0.253. The van der Waals surface area contributed by atoms with Gasteiger partial charge in [0.05, 0.1) is 18.0 Å². The molecule has 1 atom stereocenters. The topological polar surface area (TPSA) is 64.6 Å². The predicted molar refractivity (Wildman–Crippen MR) is 92.2 cm³/mol. The molecule has 0 fully saturated rings. The van der Waals surface area contributed by atoms with Gasteiger partial charge in [-0.15, -0.1) is 0 Å². The lowest BCUT2D eigenvalue weighted by Gasteiger charge is -2.26. The molecule has 2 aromatic rings. The van der Waals surface area contributed by atoms with Crippen molar-refractivity contribution in [3.8, 4) is 11.5 Å². The molecule has 0 saturated heterocycles. The van der Waals surface area contributed by atoms with Crippen molar-refractivity contribution in [3.63, 3.8) is 0 Å². The number of hydrogen-bond acceptors (Lipinski definition) is 4. The predicted octanol–water partition coefficient (Wildman–Crippen LogP) is 2.59. The summed E-state index contributed by atoms with van der Waals surface area (Å²) < 4.78 is 38.9. The molecule has 0 unspecified atom stereocenters. The summed E-state index contributed by atoms with van der Waals surface area (Å²) in [6.45, 7) is 4.17. The van der Waals surface area contributed by atoms with Crippen LogP contribution in [-0.4, -0.2) is 28.2 Å². The average Bonchev–Trinajstić information content (AvgIpc) is 2.56. The molecule has 0 aliphatic carbocycles. The molecular weight excluding hydrogens is 326 g/mol. The van der Waals surface area contributed by atoms with Crippen LogP contribution in [0.25, 0.3) is 0 Å². The first kappa shape index (κ1) is 16.8. The van der Waals surface area contributed by atoms with E-state index in [1.807, 2.05) is 38.1 Å². The lowest BCUT2D eigenvalue weighted by atomic mass is 10.0. The second-order valence-electron chi connectivity index (χ2n) is 6.05. The third kappa shape index (κ3) is 3.39. The van der Waals surface area contributed by atoms with Crippen LogP contribution in [0.1, 0.15) is 16.7 Å². The van der Waals surface area contributed by atoms with Gasteiger partial charge in [0.2, 0.25) is 10.0 Å². The first-order valence-corrected chi connectivity index (χ1v) is 9.26. The van der Waals surface area contributed by atoms with Crippen LogP contribution in [0.2, 0.25) is 0 Å². The van der Waals surface area contributed by atoms with E-state index in [0.717, 1.165) is 28.2 Å². The molecule has 1 aliphatic rings. The van der Waals surface area contributed by atoms with Gasteiger partial charge in [0, 0.05) is 0 Å². The van der Waals surface area contributed by atoms with Crippen molar-refractivity contribution in [3.05, 3.63) is 53.1 Å². The fourth-order valence-electron chi connectivity index (χ4n) is 2.74. The summed E-state index contributed by atoms with van der Waals surface area (Å²) in [4.78, 5) is 0.280. The molecule has 2 aromatic carbocycles. The van der Waals surface area contributed by atoms with E-state index in [2.05, 4.69) is 4.72 Å². The first-order chi connectivity index (χ1) is 11.4. The molecular formula is C18H21NO4S. The van der Waals surface area contributed by atoms with Crippen LogP contribution in [0.5, 0.6) is 11.5 Å². The van der Waals surface area contributed by atoms with Gasteiger partial charge in [0.15, 0.2) is 0 Å². The molecule has 0 spiro atoms. The van der Waals surface area contributed by atoms with E-state index < -0.39 is 10.0 Å². The number of ether oxygens (including phenoxy) is 2. The number of fused-ring (bicyclic) bond motifs is 1. The summed E-state index contributed by atoms with van der Waals surface area (Å²) in [5.74, 6) is 1.51. The molecule has 0 bridgehead atoms. The maximum absolute atomic E-state index is 12.6. The molecule has 0 saturated carbocycles. The number of benzene rings is 2. The van der Waals surface area contributed by atoms with Crippen LogP contribution in [-0.2, 0) is 16.4 Å². The Hall–Kier alpha value is -2.05. The molecule has 0 aromatic heterocycles. The van der Waals surface area contributed by atoms with E-state index in [4.69, 9.17) is 9.47 Å². The minimum Gasteiger partial charge on any atom is -0.497 e. The Morgan fingerprint density at radius 2 is 1.92 bits per heavy atom. The van der Waals surface area contributed by atoms with Gasteiger partial charge in [-0.05, 0) is 67.3 Å². The number of sulfonamides is 1. The van der Waals surface area contributed by atoms with E-state index in [9.17, 15) is 8.42 Å². The van der Waals surface area contributed by atoms with Crippen molar-refractivity contribution < 1.29 is 17.9 Å². The lowest BCUT2D eigenvalue weighted by Crippen LogP contribution is -2.42. The van der Waals surface area contributed by atoms with E-state index >= 15 is 0 Å². The highest BCUT2D eigenvalue weighted by Gasteiger charge is 2.26. The summed E-state index contributed by atoms with van der Waals surface area (Å²) >= 11 is 0. The first-order valence-electron chi connectivity index (χ1n) is 7.78. The van der Waals surface area contributed by atoms with Gasteiger partial charge in [-0.1, -0.05) is 6.07 Å². The zero-order valence-corrected chi connectivity index (χ0v) is 14.8. The van der Waals surface area contributed by atoms with Gasteiger partial charge in [0.25, 0.3) is 0 Å².